The van der Waals surface area contributed by atoms with E-state index >= 15 is 0 Å². The summed E-state index contributed by atoms with van der Waals surface area (Å²) in [6.45, 7) is 3.99. The molecule has 0 radical (unpaired) electrons. The molecule has 2 aromatic rings. The molecule has 1 unspecified atom stereocenters. The number of benzene rings is 2. The molecule has 0 aromatic heterocycles. The highest BCUT2D eigenvalue weighted by molar-refractivity contribution is 7.87. The average Bonchev–Trinajstić information content (AvgIpc) is 2.68. The molecule has 2 rings (SSSR count). The number of rotatable bonds is 9. The summed E-state index contributed by atoms with van der Waals surface area (Å²) in [6.07, 6.45) is 0.769. The lowest BCUT2D eigenvalue weighted by Gasteiger charge is -2.26. The number of ether oxygens (including phenoxy) is 1. The van der Waals surface area contributed by atoms with E-state index in [1.807, 2.05) is 19.9 Å². The van der Waals surface area contributed by atoms with E-state index in [0.717, 1.165) is 17.5 Å². The molecule has 0 spiro atoms. The summed E-state index contributed by atoms with van der Waals surface area (Å²) in [4.78, 5) is 0.0854. The van der Waals surface area contributed by atoms with Crippen LogP contribution in [-0.4, -0.2) is 39.0 Å². The van der Waals surface area contributed by atoms with Crippen molar-refractivity contribution in [3.8, 4) is 11.5 Å². The Morgan fingerprint density at radius 2 is 1.63 bits per heavy atom. The lowest BCUT2D eigenvalue weighted by atomic mass is 10.0. The molecule has 0 saturated heterocycles. The first-order valence-corrected chi connectivity index (χ1v) is 11.6. The molecular weight excluding hydrogens is 384 g/mol. The SMILES string of the molecule is CCC(c1c(C)ccc(OS(=O)(=O)c2ccccc2)c1OC)[SiH](OC)OC. The van der Waals surface area contributed by atoms with E-state index in [1.54, 1.807) is 38.5 Å². The Balaban J connectivity index is 2.54. The average molecular weight is 411 g/mol. The third kappa shape index (κ3) is 4.70. The van der Waals surface area contributed by atoms with Crippen molar-refractivity contribution in [3.05, 3.63) is 53.6 Å². The lowest BCUT2D eigenvalue weighted by molar-refractivity contribution is 0.263. The summed E-state index contributed by atoms with van der Waals surface area (Å²) in [7, 11) is -1.23. The van der Waals surface area contributed by atoms with Crippen LogP contribution in [0.4, 0.5) is 0 Å². The van der Waals surface area contributed by atoms with Gasteiger partial charge < -0.3 is 17.8 Å². The predicted molar refractivity (Wildman–Crippen MR) is 106 cm³/mol. The van der Waals surface area contributed by atoms with Crippen LogP contribution in [0.3, 0.4) is 0 Å². The fraction of sp³-hybridized carbons (Fsp3) is 0.368. The van der Waals surface area contributed by atoms with Gasteiger partial charge in [0.1, 0.15) is 4.90 Å². The quantitative estimate of drug-likeness (QED) is 0.466. The second-order valence-electron chi connectivity index (χ2n) is 6.03. The van der Waals surface area contributed by atoms with E-state index in [4.69, 9.17) is 17.8 Å². The maximum atomic E-state index is 12.6. The fourth-order valence-electron chi connectivity index (χ4n) is 3.13. The topological polar surface area (TPSA) is 71.1 Å². The van der Waals surface area contributed by atoms with E-state index in [1.165, 1.54) is 19.2 Å². The van der Waals surface area contributed by atoms with E-state index in [0.29, 0.717) is 5.75 Å². The molecule has 6 nitrogen and oxygen atoms in total. The van der Waals surface area contributed by atoms with Gasteiger partial charge in [-0.3, -0.25) is 0 Å². The first kappa shape index (κ1) is 21.4. The summed E-state index contributed by atoms with van der Waals surface area (Å²) in [6, 6.07) is 11.5. The highest BCUT2D eigenvalue weighted by Gasteiger charge is 2.31. The van der Waals surface area contributed by atoms with Crippen LogP contribution in [0.15, 0.2) is 47.4 Å². The zero-order chi connectivity index (χ0) is 20.0. The van der Waals surface area contributed by atoms with Crippen LogP contribution in [0.5, 0.6) is 11.5 Å². The second kappa shape index (κ2) is 9.36. The lowest BCUT2D eigenvalue weighted by Crippen LogP contribution is -2.29. The third-order valence-corrected chi connectivity index (χ3v) is 8.06. The molecule has 0 saturated carbocycles. The Kier molecular flexibility index (Phi) is 7.43. The fourth-order valence-corrected chi connectivity index (χ4v) is 6.00. The monoisotopic (exact) mass is 410 g/mol. The van der Waals surface area contributed by atoms with Gasteiger partial charge in [0.2, 0.25) is 0 Å². The standard InChI is InChI=1S/C19H26O6SSi/c1-6-17(27(23-4)24-5)18-14(2)12-13-16(19(18)22-3)25-26(20,21)15-10-8-7-9-11-15/h7-13,17,27H,6H2,1-5H3. The molecule has 0 aliphatic heterocycles. The summed E-state index contributed by atoms with van der Waals surface area (Å²) < 4.78 is 47.4. The molecule has 0 bridgehead atoms. The molecule has 148 valence electrons. The van der Waals surface area contributed by atoms with Crippen molar-refractivity contribution in [2.45, 2.75) is 30.7 Å². The van der Waals surface area contributed by atoms with Crippen molar-refractivity contribution in [2.24, 2.45) is 0 Å². The Morgan fingerprint density at radius 1 is 1.00 bits per heavy atom. The van der Waals surface area contributed by atoms with Gasteiger partial charge in [-0.15, -0.1) is 0 Å². The van der Waals surface area contributed by atoms with Crippen LogP contribution < -0.4 is 8.92 Å². The van der Waals surface area contributed by atoms with E-state index in [2.05, 4.69) is 0 Å². The molecule has 2 aromatic carbocycles. The van der Waals surface area contributed by atoms with Gasteiger partial charge in [-0.1, -0.05) is 31.2 Å². The van der Waals surface area contributed by atoms with Gasteiger partial charge in [-0.05, 0) is 37.1 Å². The number of aryl methyl sites for hydroxylation is 1. The van der Waals surface area contributed by atoms with Crippen LogP contribution in [0, 0.1) is 6.92 Å². The summed E-state index contributed by atoms with van der Waals surface area (Å²) in [5.41, 5.74) is 1.81. The molecule has 8 heteroatoms. The molecular formula is C19H26O6SSi. The number of hydrogen-bond donors (Lipinski definition) is 0. The van der Waals surface area contributed by atoms with Gasteiger partial charge in [0.25, 0.3) is 0 Å². The van der Waals surface area contributed by atoms with Crippen molar-refractivity contribution in [1.82, 2.24) is 0 Å². The van der Waals surface area contributed by atoms with E-state index in [9.17, 15) is 8.42 Å². The molecule has 27 heavy (non-hydrogen) atoms. The maximum Gasteiger partial charge on any atom is 0.339 e. The highest BCUT2D eigenvalue weighted by Crippen LogP contribution is 2.41. The largest absolute Gasteiger partial charge is 0.492 e. The second-order valence-corrected chi connectivity index (χ2v) is 10.1. The van der Waals surface area contributed by atoms with Crippen molar-refractivity contribution >= 4 is 19.4 Å². The zero-order valence-electron chi connectivity index (χ0n) is 16.3. The first-order chi connectivity index (χ1) is 12.9. The van der Waals surface area contributed by atoms with Crippen LogP contribution in [-0.2, 0) is 19.0 Å². The van der Waals surface area contributed by atoms with Gasteiger partial charge in [0.15, 0.2) is 11.5 Å². The van der Waals surface area contributed by atoms with Gasteiger partial charge in [-0.2, -0.15) is 8.42 Å². The molecule has 0 N–H and O–H groups in total. The van der Waals surface area contributed by atoms with Crippen molar-refractivity contribution in [3.63, 3.8) is 0 Å². The highest BCUT2D eigenvalue weighted by atomic mass is 32.2. The summed E-state index contributed by atoms with van der Waals surface area (Å²) >= 11 is 0. The Morgan fingerprint density at radius 3 is 2.15 bits per heavy atom. The van der Waals surface area contributed by atoms with Gasteiger partial charge in [-0.25, -0.2) is 0 Å². The number of hydrogen-bond acceptors (Lipinski definition) is 6. The van der Waals surface area contributed by atoms with E-state index in [-0.39, 0.29) is 16.2 Å². The van der Waals surface area contributed by atoms with Crippen molar-refractivity contribution in [1.29, 1.82) is 0 Å². The number of methoxy groups -OCH3 is 1. The van der Waals surface area contributed by atoms with Gasteiger partial charge in [0, 0.05) is 25.3 Å². The Labute approximate surface area is 163 Å². The summed E-state index contributed by atoms with van der Waals surface area (Å²) in [5, 5.41) is 0. The predicted octanol–water partition coefficient (Wildman–Crippen LogP) is 3.32. The molecule has 0 aliphatic rings. The third-order valence-electron chi connectivity index (χ3n) is 4.42. The summed E-state index contributed by atoms with van der Waals surface area (Å²) in [5.74, 6) is 0.549. The molecule has 1 atom stereocenters. The Bertz CT molecular complexity index is 850. The van der Waals surface area contributed by atoms with Gasteiger partial charge >= 0.3 is 19.4 Å². The van der Waals surface area contributed by atoms with Crippen LogP contribution in [0.2, 0.25) is 0 Å². The van der Waals surface area contributed by atoms with Crippen molar-refractivity contribution < 1.29 is 26.2 Å². The van der Waals surface area contributed by atoms with Gasteiger partial charge in [0.05, 0.1) is 7.11 Å². The van der Waals surface area contributed by atoms with Crippen LogP contribution >= 0.6 is 0 Å². The minimum atomic E-state index is -3.97. The van der Waals surface area contributed by atoms with Crippen molar-refractivity contribution in [2.75, 3.05) is 21.3 Å². The molecule has 0 amide bonds. The Hall–Kier alpha value is -1.87. The minimum Gasteiger partial charge on any atom is -0.492 e. The maximum absolute atomic E-state index is 12.6. The smallest absolute Gasteiger partial charge is 0.339 e. The normalized spacial score (nSPS) is 12.8. The molecule has 0 aliphatic carbocycles. The van der Waals surface area contributed by atoms with Crippen LogP contribution in [0.25, 0.3) is 0 Å². The van der Waals surface area contributed by atoms with E-state index < -0.39 is 19.4 Å². The zero-order valence-corrected chi connectivity index (χ0v) is 18.2. The molecule has 0 heterocycles. The first-order valence-electron chi connectivity index (χ1n) is 8.62. The van der Waals surface area contributed by atoms with Crippen LogP contribution in [0.1, 0.15) is 30.0 Å². The molecule has 0 fully saturated rings. The minimum absolute atomic E-state index is 0.0158.